The van der Waals surface area contributed by atoms with E-state index in [1.54, 1.807) is 19.2 Å². The summed E-state index contributed by atoms with van der Waals surface area (Å²) < 4.78 is 27.7. The molecule has 0 amide bonds. The molecule has 0 aliphatic rings. The third-order valence-corrected chi connectivity index (χ3v) is 7.81. The first-order valence-corrected chi connectivity index (χ1v) is 12.2. The number of rotatable bonds is 6. The molecule has 0 atom stereocenters. The topological polar surface area (TPSA) is 87.6 Å². The predicted octanol–water partition coefficient (Wildman–Crippen LogP) is 5.33. The summed E-state index contributed by atoms with van der Waals surface area (Å²) >= 11 is 1.37. The summed E-state index contributed by atoms with van der Waals surface area (Å²) in [5.74, 6) is -0.841. The number of hydrogen-bond donors (Lipinski definition) is 1. The van der Waals surface area contributed by atoms with Crippen molar-refractivity contribution < 1.29 is 18.3 Å². The number of thiazole rings is 1. The summed E-state index contributed by atoms with van der Waals surface area (Å²) in [6.45, 7) is 9.97. The Labute approximate surface area is 187 Å². The Hall–Kier alpha value is -2.71. The van der Waals surface area contributed by atoms with Gasteiger partial charge in [0.25, 0.3) is 10.0 Å². The van der Waals surface area contributed by atoms with Crippen LogP contribution in [0.5, 0.6) is 0 Å². The van der Waals surface area contributed by atoms with Crippen molar-refractivity contribution in [2.24, 2.45) is 0 Å². The molecule has 0 fully saturated rings. The largest absolute Gasteiger partial charge is 0.478 e. The van der Waals surface area contributed by atoms with Crippen LogP contribution in [0.15, 0.2) is 52.7 Å². The van der Waals surface area contributed by atoms with Crippen LogP contribution >= 0.6 is 11.3 Å². The molecule has 0 spiro atoms. The van der Waals surface area contributed by atoms with Gasteiger partial charge in [-0.3, -0.25) is 0 Å². The van der Waals surface area contributed by atoms with Crippen molar-refractivity contribution in [2.45, 2.75) is 44.9 Å². The van der Waals surface area contributed by atoms with E-state index in [-0.39, 0.29) is 22.4 Å². The van der Waals surface area contributed by atoms with Crippen LogP contribution in [0.3, 0.4) is 0 Å². The number of aromatic nitrogens is 1. The van der Waals surface area contributed by atoms with E-state index in [0.29, 0.717) is 11.4 Å². The van der Waals surface area contributed by atoms with Gasteiger partial charge in [-0.15, -0.1) is 11.3 Å². The number of aromatic carboxylic acids is 1. The Kier molecular flexibility index (Phi) is 6.25. The summed E-state index contributed by atoms with van der Waals surface area (Å²) in [6.07, 6.45) is 0. The van der Waals surface area contributed by atoms with Crippen molar-refractivity contribution in [1.29, 1.82) is 0 Å². The fourth-order valence-electron chi connectivity index (χ4n) is 3.20. The molecule has 1 heterocycles. The highest BCUT2D eigenvalue weighted by atomic mass is 32.2. The first-order chi connectivity index (χ1) is 14.4. The lowest BCUT2D eigenvalue weighted by Gasteiger charge is -2.21. The normalized spacial score (nSPS) is 12.0. The highest BCUT2D eigenvalue weighted by Crippen LogP contribution is 2.32. The summed E-state index contributed by atoms with van der Waals surface area (Å²) in [5, 5.41) is 11.8. The standard InChI is InChI=1S/C23H26N2O4S2/c1-6-25(31(28,29)18-12-7-15(2)19(13-18)22(26)27)20-14-30-21(24-20)16-8-10-17(11-9-16)23(3,4)5/h7-14H,6H2,1-5H3,(H,26,27). The number of carboxylic acids is 1. The van der Waals surface area contributed by atoms with E-state index in [1.165, 1.54) is 39.4 Å². The van der Waals surface area contributed by atoms with Gasteiger partial charge < -0.3 is 5.11 Å². The van der Waals surface area contributed by atoms with Crippen molar-refractivity contribution in [3.8, 4) is 10.6 Å². The van der Waals surface area contributed by atoms with Gasteiger partial charge in [-0.05, 0) is 42.5 Å². The second-order valence-corrected chi connectivity index (χ2v) is 11.0. The summed E-state index contributed by atoms with van der Waals surface area (Å²) in [4.78, 5) is 15.9. The molecule has 0 radical (unpaired) electrons. The van der Waals surface area contributed by atoms with E-state index in [1.807, 2.05) is 12.1 Å². The van der Waals surface area contributed by atoms with Gasteiger partial charge in [-0.2, -0.15) is 0 Å². The van der Waals surface area contributed by atoms with Crippen LogP contribution in [0.4, 0.5) is 5.82 Å². The molecule has 3 rings (SSSR count). The first kappa shape index (κ1) is 23.0. The monoisotopic (exact) mass is 458 g/mol. The Morgan fingerprint density at radius 2 is 1.77 bits per heavy atom. The lowest BCUT2D eigenvalue weighted by atomic mass is 9.87. The second kappa shape index (κ2) is 8.43. The molecule has 31 heavy (non-hydrogen) atoms. The van der Waals surface area contributed by atoms with Crippen molar-refractivity contribution >= 4 is 33.1 Å². The number of sulfonamides is 1. The number of hydrogen-bond acceptors (Lipinski definition) is 5. The van der Waals surface area contributed by atoms with Gasteiger partial charge in [-0.25, -0.2) is 22.5 Å². The Balaban J connectivity index is 1.96. The quantitative estimate of drug-likeness (QED) is 0.539. The highest BCUT2D eigenvalue weighted by Gasteiger charge is 2.27. The third-order valence-electron chi connectivity index (χ3n) is 5.06. The van der Waals surface area contributed by atoms with Gasteiger partial charge in [0.05, 0.1) is 10.5 Å². The number of carbonyl (C=O) groups is 1. The zero-order chi connectivity index (χ0) is 23.0. The molecule has 0 unspecified atom stereocenters. The van der Waals surface area contributed by atoms with E-state index in [4.69, 9.17) is 0 Å². The Morgan fingerprint density at radius 3 is 2.32 bits per heavy atom. The third kappa shape index (κ3) is 4.65. The van der Waals surface area contributed by atoms with Crippen LogP contribution in [-0.2, 0) is 15.4 Å². The van der Waals surface area contributed by atoms with Crippen molar-refractivity contribution in [3.63, 3.8) is 0 Å². The van der Waals surface area contributed by atoms with Gasteiger partial charge in [0.2, 0.25) is 0 Å². The summed E-state index contributed by atoms with van der Waals surface area (Å²) in [5.41, 5.74) is 2.64. The van der Waals surface area contributed by atoms with Gasteiger partial charge in [0, 0.05) is 17.5 Å². The molecule has 0 saturated heterocycles. The van der Waals surface area contributed by atoms with Crippen LogP contribution in [-0.4, -0.2) is 31.0 Å². The lowest BCUT2D eigenvalue weighted by Crippen LogP contribution is -2.31. The fourth-order valence-corrected chi connectivity index (χ4v) is 5.52. The van der Waals surface area contributed by atoms with Crippen LogP contribution < -0.4 is 4.31 Å². The van der Waals surface area contributed by atoms with Crippen LogP contribution in [0.1, 0.15) is 49.2 Å². The van der Waals surface area contributed by atoms with E-state index in [0.717, 1.165) is 10.6 Å². The zero-order valence-corrected chi connectivity index (χ0v) is 19.8. The van der Waals surface area contributed by atoms with E-state index < -0.39 is 16.0 Å². The molecule has 1 aromatic heterocycles. The molecule has 3 aromatic rings. The SMILES string of the molecule is CCN(c1csc(-c2ccc(C(C)(C)C)cc2)n1)S(=O)(=O)c1ccc(C)c(C(=O)O)c1. The summed E-state index contributed by atoms with van der Waals surface area (Å²) in [7, 11) is -3.96. The lowest BCUT2D eigenvalue weighted by molar-refractivity contribution is 0.0696. The number of anilines is 1. The Bertz CT molecular complexity index is 1210. The molecule has 6 nitrogen and oxygen atoms in total. The average Bonchev–Trinajstić information content (AvgIpc) is 3.17. The maximum atomic E-state index is 13.2. The molecular weight excluding hydrogens is 432 g/mol. The van der Waals surface area contributed by atoms with E-state index in [9.17, 15) is 18.3 Å². The minimum Gasteiger partial charge on any atom is -0.478 e. The van der Waals surface area contributed by atoms with Crippen LogP contribution in [0.2, 0.25) is 0 Å². The Morgan fingerprint density at radius 1 is 1.13 bits per heavy atom. The molecule has 0 aliphatic carbocycles. The van der Waals surface area contributed by atoms with Gasteiger partial charge in [0.1, 0.15) is 5.01 Å². The van der Waals surface area contributed by atoms with E-state index >= 15 is 0 Å². The van der Waals surface area contributed by atoms with E-state index in [2.05, 4.69) is 37.9 Å². The molecule has 0 aliphatic heterocycles. The number of nitrogens with zero attached hydrogens (tertiary/aromatic N) is 2. The maximum absolute atomic E-state index is 13.2. The smallest absolute Gasteiger partial charge is 0.335 e. The van der Waals surface area contributed by atoms with Gasteiger partial charge in [-0.1, -0.05) is 51.1 Å². The van der Waals surface area contributed by atoms with Crippen LogP contribution in [0, 0.1) is 6.92 Å². The molecular formula is C23H26N2O4S2. The molecule has 164 valence electrons. The van der Waals surface area contributed by atoms with Crippen molar-refractivity contribution in [1.82, 2.24) is 4.98 Å². The van der Waals surface area contributed by atoms with Crippen molar-refractivity contribution in [2.75, 3.05) is 10.8 Å². The summed E-state index contributed by atoms with van der Waals surface area (Å²) in [6, 6.07) is 12.2. The highest BCUT2D eigenvalue weighted by molar-refractivity contribution is 7.92. The minimum atomic E-state index is -3.96. The molecule has 2 aromatic carbocycles. The first-order valence-electron chi connectivity index (χ1n) is 9.88. The number of benzene rings is 2. The maximum Gasteiger partial charge on any atom is 0.335 e. The minimum absolute atomic E-state index is 0.0324. The predicted molar refractivity (Wildman–Crippen MR) is 125 cm³/mol. The number of aryl methyl sites for hydroxylation is 1. The molecule has 0 bridgehead atoms. The van der Waals surface area contributed by atoms with Crippen molar-refractivity contribution in [3.05, 3.63) is 64.5 Å². The van der Waals surface area contributed by atoms with Crippen LogP contribution in [0.25, 0.3) is 10.6 Å². The molecule has 8 heteroatoms. The molecule has 0 saturated carbocycles. The van der Waals surface area contributed by atoms with Gasteiger partial charge in [0.15, 0.2) is 5.82 Å². The fraction of sp³-hybridized carbons (Fsp3) is 0.304. The molecule has 1 N–H and O–H groups in total. The second-order valence-electron chi connectivity index (χ2n) is 8.29. The van der Waals surface area contributed by atoms with Gasteiger partial charge >= 0.3 is 5.97 Å². The average molecular weight is 459 g/mol. The zero-order valence-electron chi connectivity index (χ0n) is 18.2. The number of carboxylic acid groups (broad SMARTS) is 1.